The van der Waals surface area contributed by atoms with E-state index in [1.807, 2.05) is 20.9 Å². The molecular weight excluding hydrogens is 489 g/mol. The Kier molecular flexibility index (Phi) is 8.47. The van der Waals surface area contributed by atoms with Gasteiger partial charge in [-0.2, -0.15) is 4.37 Å². The second-order valence-electron chi connectivity index (χ2n) is 6.89. The number of nitrogens with zero attached hydrogens (tertiary/aromatic N) is 6. The summed E-state index contributed by atoms with van der Waals surface area (Å²) in [6.07, 6.45) is 0.885. The number of aromatic nitrogens is 3. The van der Waals surface area contributed by atoms with Crippen LogP contribution in [-0.2, 0) is 6.42 Å². The number of piperazine rings is 1. The van der Waals surface area contributed by atoms with Crippen LogP contribution in [0.15, 0.2) is 9.52 Å². The van der Waals surface area contributed by atoms with Gasteiger partial charge in [0.1, 0.15) is 11.6 Å². The molecule has 0 saturated carbocycles. The van der Waals surface area contributed by atoms with Crippen LogP contribution in [0.5, 0.6) is 0 Å². The number of hydrogen-bond acceptors (Lipinski definition) is 7. The van der Waals surface area contributed by atoms with Gasteiger partial charge in [0.15, 0.2) is 5.96 Å². The molecule has 1 aliphatic heterocycles. The summed E-state index contributed by atoms with van der Waals surface area (Å²) in [7, 11) is 1.84. The van der Waals surface area contributed by atoms with E-state index in [4.69, 9.17) is 4.52 Å². The Balaban J connectivity index is 0.00000280. The molecule has 2 aromatic rings. The second-order valence-corrected chi connectivity index (χ2v) is 7.62. The number of aryl methyl sites for hydroxylation is 3. The number of guanidine groups is 1. The van der Waals surface area contributed by atoms with E-state index in [-0.39, 0.29) is 24.0 Å². The van der Waals surface area contributed by atoms with Gasteiger partial charge >= 0.3 is 0 Å². The first-order valence-corrected chi connectivity index (χ1v) is 10.3. The van der Waals surface area contributed by atoms with Crippen molar-refractivity contribution in [3.63, 3.8) is 0 Å². The van der Waals surface area contributed by atoms with Crippen LogP contribution in [0.4, 0.5) is 5.13 Å². The lowest BCUT2D eigenvalue weighted by Crippen LogP contribution is -2.53. The van der Waals surface area contributed by atoms with E-state index in [0.29, 0.717) is 5.92 Å². The molecule has 3 rings (SSSR count). The van der Waals surface area contributed by atoms with Gasteiger partial charge in [-0.3, -0.25) is 4.99 Å². The zero-order valence-electron chi connectivity index (χ0n) is 17.2. The smallest absolute Gasteiger partial charge is 0.205 e. The van der Waals surface area contributed by atoms with Crippen molar-refractivity contribution in [1.29, 1.82) is 0 Å². The molecule has 156 valence electrons. The van der Waals surface area contributed by atoms with Crippen molar-refractivity contribution in [1.82, 2.24) is 24.7 Å². The third kappa shape index (κ3) is 5.13. The maximum Gasteiger partial charge on any atom is 0.205 e. The van der Waals surface area contributed by atoms with Gasteiger partial charge < -0.3 is 19.6 Å². The molecule has 1 saturated heterocycles. The second kappa shape index (κ2) is 10.4. The lowest BCUT2D eigenvalue weighted by molar-refractivity contribution is 0.371. The Morgan fingerprint density at radius 2 is 2.00 bits per heavy atom. The summed E-state index contributed by atoms with van der Waals surface area (Å²) in [6, 6.07) is 0. The third-order valence-electron chi connectivity index (χ3n) is 4.98. The van der Waals surface area contributed by atoms with Gasteiger partial charge in [-0.05, 0) is 13.8 Å². The minimum Gasteiger partial charge on any atom is -0.361 e. The fourth-order valence-corrected chi connectivity index (χ4v) is 4.30. The maximum absolute atomic E-state index is 5.30. The molecule has 0 amide bonds. The summed E-state index contributed by atoms with van der Waals surface area (Å²) in [5.74, 6) is 3.08. The average Bonchev–Trinajstić information content (AvgIpc) is 3.29. The average molecular weight is 519 g/mol. The van der Waals surface area contributed by atoms with E-state index in [2.05, 4.69) is 48.5 Å². The SMILES string of the molecule is CCc1nsc(N2CCN(C(=NC)NCC(C)c3c(C)noc3C)CC2)n1.I. The van der Waals surface area contributed by atoms with E-state index in [9.17, 15) is 0 Å². The summed E-state index contributed by atoms with van der Waals surface area (Å²) in [6.45, 7) is 12.7. The van der Waals surface area contributed by atoms with Crippen LogP contribution in [0, 0.1) is 13.8 Å². The van der Waals surface area contributed by atoms with Gasteiger partial charge in [0.25, 0.3) is 0 Å². The van der Waals surface area contributed by atoms with Gasteiger partial charge in [0, 0.05) is 69.2 Å². The zero-order chi connectivity index (χ0) is 19.4. The van der Waals surface area contributed by atoms with Gasteiger partial charge in [-0.15, -0.1) is 24.0 Å². The molecule has 0 radical (unpaired) electrons. The molecule has 1 fully saturated rings. The summed E-state index contributed by atoms with van der Waals surface area (Å²) in [5.41, 5.74) is 2.15. The van der Waals surface area contributed by atoms with Gasteiger partial charge in [-0.1, -0.05) is 19.0 Å². The molecule has 0 bridgehead atoms. The Hall–Kier alpha value is -1.43. The molecule has 28 heavy (non-hydrogen) atoms. The number of halogens is 1. The third-order valence-corrected chi connectivity index (χ3v) is 5.80. The highest BCUT2D eigenvalue weighted by Crippen LogP contribution is 2.22. The van der Waals surface area contributed by atoms with Crippen molar-refractivity contribution in [3.8, 4) is 0 Å². The van der Waals surface area contributed by atoms with Crippen molar-refractivity contribution < 1.29 is 4.52 Å². The molecule has 0 aromatic carbocycles. The van der Waals surface area contributed by atoms with E-state index < -0.39 is 0 Å². The molecule has 0 aliphatic carbocycles. The van der Waals surface area contributed by atoms with Crippen LogP contribution in [0.3, 0.4) is 0 Å². The lowest BCUT2D eigenvalue weighted by Gasteiger charge is -2.36. The topological polar surface area (TPSA) is 82.7 Å². The highest BCUT2D eigenvalue weighted by Gasteiger charge is 2.23. The van der Waals surface area contributed by atoms with E-state index in [1.165, 1.54) is 17.1 Å². The summed E-state index contributed by atoms with van der Waals surface area (Å²) in [4.78, 5) is 13.7. The normalized spacial score (nSPS) is 16.1. The monoisotopic (exact) mass is 519 g/mol. The van der Waals surface area contributed by atoms with Crippen LogP contribution in [0.25, 0.3) is 0 Å². The number of anilines is 1. The summed E-state index contributed by atoms with van der Waals surface area (Å²) in [5, 5.41) is 8.60. The van der Waals surface area contributed by atoms with Gasteiger partial charge in [-0.25, -0.2) is 4.98 Å². The first-order chi connectivity index (χ1) is 13.0. The molecule has 1 aliphatic rings. The molecule has 0 spiro atoms. The molecule has 2 aromatic heterocycles. The van der Waals surface area contributed by atoms with Crippen LogP contribution >= 0.6 is 35.5 Å². The molecule has 8 nitrogen and oxygen atoms in total. The number of hydrogen-bond donors (Lipinski definition) is 1. The van der Waals surface area contributed by atoms with Crippen molar-refractivity contribution >= 4 is 46.6 Å². The lowest BCUT2D eigenvalue weighted by atomic mass is 10.00. The van der Waals surface area contributed by atoms with E-state index in [1.54, 1.807) is 0 Å². The summed E-state index contributed by atoms with van der Waals surface area (Å²) >= 11 is 1.50. The van der Waals surface area contributed by atoms with E-state index in [0.717, 1.165) is 67.5 Å². The van der Waals surface area contributed by atoms with Crippen LogP contribution in [0.1, 0.15) is 42.6 Å². The van der Waals surface area contributed by atoms with Gasteiger partial charge in [0.05, 0.1) is 5.69 Å². The Morgan fingerprint density at radius 1 is 1.29 bits per heavy atom. The van der Waals surface area contributed by atoms with Crippen molar-refractivity contribution in [2.24, 2.45) is 4.99 Å². The van der Waals surface area contributed by atoms with Crippen LogP contribution in [-0.4, -0.2) is 65.1 Å². The van der Waals surface area contributed by atoms with Crippen molar-refractivity contribution in [2.75, 3.05) is 44.7 Å². The largest absolute Gasteiger partial charge is 0.361 e. The quantitative estimate of drug-likeness (QED) is 0.370. The molecule has 1 atom stereocenters. The first-order valence-electron chi connectivity index (χ1n) is 9.49. The predicted octanol–water partition coefficient (Wildman–Crippen LogP) is 2.82. The van der Waals surface area contributed by atoms with E-state index >= 15 is 0 Å². The fourth-order valence-electron chi connectivity index (χ4n) is 3.50. The highest BCUT2D eigenvalue weighted by molar-refractivity contribution is 14.0. The molecule has 1 unspecified atom stereocenters. The number of nitrogens with one attached hydrogen (secondary N) is 1. The first kappa shape index (κ1) is 22.9. The number of aliphatic imine (C=N–C) groups is 1. The standard InChI is InChI=1S/C18H29N7OS.HI/c1-6-15-21-18(27-23-15)25-9-7-24(8-10-25)17(19-5)20-11-12(2)16-13(3)22-26-14(16)4;/h12H,6-11H2,1-5H3,(H,19,20);1H. The van der Waals surface area contributed by atoms with Crippen LogP contribution in [0.2, 0.25) is 0 Å². The predicted molar refractivity (Wildman–Crippen MR) is 124 cm³/mol. The Labute approximate surface area is 188 Å². The number of rotatable bonds is 5. The minimum absolute atomic E-state index is 0. The Bertz CT molecular complexity index is 763. The van der Waals surface area contributed by atoms with Crippen molar-refractivity contribution in [2.45, 2.75) is 40.0 Å². The van der Waals surface area contributed by atoms with Gasteiger partial charge in [0.2, 0.25) is 5.13 Å². The zero-order valence-corrected chi connectivity index (χ0v) is 20.4. The molecule has 3 heterocycles. The highest BCUT2D eigenvalue weighted by atomic mass is 127. The summed E-state index contributed by atoms with van der Waals surface area (Å²) < 4.78 is 9.69. The van der Waals surface area contributed by atoms with Crippen molar-refractivity contribution in [3.05, 3.63) is 22.8 Å². The minimum atomic E-state index is 0. The molecule has 10 heteroatoms. The maximum atomic E-state index is 5.30. The fraction of sp³-hybridized carbons (Fsp3) is 0.667. The van der Waals surface area contributed by atoms with Crippen LogP contribution < -0.4 is 10.2 Å². The molecule has 1 N–H and O–H groups in total. The molecular formula is C18H30IN7OS. The Morgan fingerprint density at radius 3 is 2.54 bits per heavy atom.